The van der Waals surface area contributed by atoms with Crippen LogP contribution < -0.4 is 4.74 Å². The largest absolute Gasteiger partial charge is 0.439 e. The number of Topliss-reactive ketones (excluding diaryl/α,β-unsaturated/α-hetero) is 1. The lowest BCUT2D eigenvalue weighted by molar-refractivity contribution is -0.304. The summed E-state index contributed by atoms with van der Waals surface area (Å²) < 4.78 is 79.3. The van der Waals surface area contributed by atoms with Crippen LogP contribution >= 0.6 is 0 Å². The first-order valence-corrected chi connectivity index (χ1v) is 7.17. The van der Waals surface area contributed by atoms with Crippen LogP contribution in [0.4, 0.5) is 26.3 Å². The van der Waals surface area contributed by atoms with Gasteiger partial charge in [-0.05, 0) is 23.3 Å². The van der Waals surface area contributed by atoms with Crippen LogP contribution in [0.15, 0.2) is 48.5 Å². The molecule has 0 radical (unpaired) electrons. The van der Waals surface area contributed by atoms with Crippen LogP contribution in [0.3, 0.4) is 0 Å². The van der Waals surface area contributed by atoms with Gasteiger partial charge in [0.05, 0.1) is 0 Å². The number of halogens is 6. The summed E-state index contributed by atoms with van der Waals surface area (Å²) in [5.41, 5.74) is 1.35. The van der Waals surface area contributed by atoms with Crippen molar-refractivity contribution in [3.8, 4) is 16.9 Å². The van der Waals surface area contributed by atoms with Gasteiger partial charge in [0, 0.05) is 5.56 Å². The normalized spacial score (nSPS) is 13.3. The van der Waals surface area contributed by atoms with Crippen LogP contribution in [0.2, 0.25) is 0 Å². The molecule has 0 aliphatic heterocycles. The fraction of sp³-hybridized carbons (Fsp3) is 0.235. The van der Waals surface area contributed by atoms with E-state index in [0.29, 0.717) is 11.1 Å². The lowest BCUT2D eigenvalue weighted by Crippen LogP contribution is -2.45. The number of ketones is 1. The number of carbonyl (C=O) groups is 1. The number of aliphatic hydroxyl groups excluding tert-OH is 1. The van der Waals surface area contributed by atoms with E-state index in [2.05, 4.69) is 4.74 Å². The van der Waals surface area contributed by atoms with Gasteiger partial charge in [0.1, 0.15) is 12.4 Å². The van der Waals surface area contributed by atoms with E-state index in [0.717, 1.165) is 12.1 Å². The number of aliphatic hydroxyl groups is 1. The Morgan fingerprint density at radius 2 is 1.38 bits per heavy atom. The van der Waals surface area contributed by atoms with E-state index in [-0.39, 0.29) is 5.56 Å². The van der Waals surface area contributed by atoms with Crippen molar-refractivity contribution in [1.29, 1.82) is 0 Å². The Morgan fingerprint density at radius 1 is 0.923 bits per heavy atom. The molecular weight excluding hydrogens is 366 g/mol. The molecule has 0 amide bonds. The first-order chi connectivity index (χ1) is 12.0. The second-order valence-electron chi connectivity index (χ2n) is 5.25. The molecule has 0 spiro atoms. The van der Waals surface area contributed by atoms with Crippen LogP contribution in [0.25, 0.3) is 11.1 Å². The maximum absolute atomic E-state index is 13.2. The lowest BCUT2D eigenvalue weighted by atomic mass is 10.0. The van der Waals surface area contributed by atoms with Crippen molar-refractivity contribution in [1.82, 2.24) is 0 Å². The van der Waals surface area contributed by atoms with E-state index in [1.165, 1.54) is 36.4 Å². The minimum Gasteiger partial charge on any atom is -0.430 e. The second kappa shape index (κ2) is 7.36. The summed E-state index contributed by atoms with van der Waals surface area (Å²) in [7, 11) is 0. The standard InChI is InChI=1S/C17H12F6O3/c18-15(16(19,20)21)17(22,23)26-13-7-5-11(6-8-13)10-1-3-12(4-2-10)14(25)9-24/h1-8,15,24H,9H2. The zero-order valence-corrected chi connectivity index (χ0v) is 12.9. The topological polar surface area (TPSA) is 46.5 Å². The summed E-state index contributed by atoms with van der Waals surface area (Å²) in [6, 6.07) is 10.5. The molecule has 140 valence electrons. The molecule has 9 heteroatoms. The molecule has 1 N–H and O–H groups in total. The average Bonchev–Trinajstić information content (AvgIpc) is 2.60. The Hall–Kier alpha value is -2.55. The van der Waals surface area contributed by atoms with E-state index >= 15 is 0 Å². The van der Waals surface area contributed by atoms with Crippen molar-refractivity contribution in [2.75, 3.05) is 6.61 Å². The highest BCUT2D eigenvalue weighted by Gasteiger charge is 2.59. The van der Waals surface area contributed by atoms with Gasteiger partial charge in [-0.15, -0.1) is 0 Å². The molecule has 0 aliphatic carbocycles. The molecule has 26 heavy (non-hydrogen) atoms. The number of ether oxygens (including phenoxy) is 1. The van der Waals surface area contributed by atoms with Crippen LogP contribution in [0.5, 0.6) is 5.75 Å². The van der Waals surface area contributed by atoms with Crippen molar-refractivity contribution in [3.63, 3.8) is 0 Å². The summed E-state index contributed by atoms with van der Waals surface area (Å²) >= 11 is 0. The number of carbonyl (C=O) groups excluding carboxylic acids is 1. The predicted octanol–water partition coefficient (Wildman–Crippen LogP) is 4.40. The first-order valence-electron chi connectivity index (χ1n) is 7.17. The van der Waals surface area contributed by atoms with Gasteiger partial charge < -0.3 is 9.84 Å². The number of hydrogen-bond acceptors (Lipinski definition) is 3. The van der Waals surface area contributed by atoms with E-state index in [1.807, 2.05) is 0 Å². The predicted molar refractivity (Wildman–Crippen MR) is 79.8 cm³/mol. The smallest absolute Gasteiger partial charge is 0.430 e. The number of benzene rings is 2. The van der Waals surface area contributed by atoms with Gasteiger partial charge in [-0.1, -0.05) is 36.4 Å². The molecule has 0 fully saturated rings. The molecule has 0 bridgehead atoms. The fourth-order valence-electron chi connectivity index (χ4n) is 2.05. The number of alkyl halides is 6. The minimum atomic E-state index is -5.75. The minimum absolute atomic E-state index is 0.275. The Labute approximate surface area is 143 Å². The van der Waals surface area contributed by atoms with Crippen LogP contribution in [-0.4, -0.2) is 36.0 Å². The molecule has 1 atom stereocenters. The van der Waals surface area contributed by atoms with Gasteiger partial charge in [0.15, 0.2) is 5.78 Å². The molecule has 0 aliphatic rings. The van der Waals surface area contributed by atoms with E-state index in [1.54, 1.807) is 0 Å². The van der Waals surface area contributed by atoms with E-state index in [4.69, 9.17) is 5.11 Å². The summed E-state index contributed by atoms with van der Waals surface area (Å²) in [5.74, 6) is -1.12. The summed E-state index contributed by atoms with van der Waals surface area (Å²) in [6.45, 7) is -0.646. The summed E-state index contributed by atoms with van der Waals surface area (Å²) in [4.78, 5) is 11.3. The van der Waals surface area contributed by atoms with Gasteiger partial charge in [0.25, 0.3) is 6.17 Å². The molecule has 0 heterocycles. The third kappa shape index (κ3) is 4.54. The second-order valence-corrected chi connectivity index (χ2v) is 5.25. The van der Waals surface area contributed by atoms with Crippen molar-refractivity contribution in [3.05, 3.63) is 54.1 Å². The van der Waals surface area contributed by atoms with Crippen LogP contribution in [-0.2, 0) is 0 Å². The van der Waals surface area contributed by atoms with E-state index < -0.39 is 36.6 Å². The molecular formula is C17H12F6O3. The number of hydrogen-bond donors (Lipinski definition) is 1. The van der Waals surface area contributed by atoms with Crippen molar-refractivity contribution in [2.24, 2.45) is 0 Å². The van der Waals surface area contributed by atoms with Crippen molar-refractivity contribution < 1.29 is 41.0 Å². The van der Waals surface area contributed by atoms with Crippen LogP contribution in [0.1, 0.15) is 10.4 Å². The third-order valence-corrected chi connectivity index (χ3v) is 3.37. The maximum Gasteiger partial charge on any atom is 0.439 e. The Kier molecular flexibility index (Phi) is 5.60. The zero-order valence-electron chi connectivity index (χ0n) is 12.9. The molecule has 2 aromatic carbocycles. The molecule has 0 saturated carbocycles. The summed E-state index contributed by atoms with van der Waals surface area (Å²) in [6.07, 6.45) is -15.3. The highest BCUT2D eigenvalue weighted by Crippen LogP contribution is 2.36. The maximum atomic E-state index is 13.2. The van der Waals surface area contributed by atoms with Crippen molar-refractivity contribution >= 4 is 5.78 Å². The van der Waals surface area contributed by atoms with Gasteiger partial charge in [-0.25, -0.2) is 4.39 Å². The van der Waals surface area contributed by atoms with Crippen molar-refractivity contribution in [2.45, 2.75) is 18.5 Å². The van der Waals surface area contributed by atoms with Gasteiger partial charge in [0.2, 0.25) is 0 Å². The van der Waals surface area contributed by atoms with Crippen LogP contribution in [0, 0.1) is 0 Å². The fourth-order valence-corrected chi connectivity index (χ4v) is 2.05. The third-order valence-electron chi connectivity index (χ3n) is 3.37. The Balaban J connectivity index is 2.14. The van der Waals surface area contributed by atoms with Gasteiger partial charge >= 0.3 is 12.3 Å². The molecule has 0 saturated heterocycles. The van der Waals surface area contributed by atoms with Gasteiger partial charge in [-0.2, -0.15) is 22.0 Å². The molecule has 0 aromatic heterocycles. The zero-order chi connectivity index (χ0) is 19.5. The SMILES string of the molecule is O=C(CO)c1ccc(-c2ccc(OC(F)(F)C(F)C(F)(F)F)cc2)cc1. The number of rotatable bonds is 6. The molecule has 3 nitrogen and oxygen atoms in total. The molecule has 2 aromatic rings. The highest BCUT2D eigenvalue weighted by molar-refractivity contribution is 5.97. The Bertz CT molecular complexity index is 754. The molecule has 1 unspecified atom stereocenters. The summed E-state index contributed by atoms with van der Waals surface area (Å²) in [5, 5.41) is 8.77. The monoisotopic (exact) mass is 378 g/mol. The van der Waals surface area contributed by atoms with Gasteiger partial charge in [-0.3, -0.25) is 4.79 Å². The quantitative estimate of drug-likeness (QED) is 0.599. The van der Waals surface area contributed by atoms with E-state index in [9.17, 15) is 31.1 Å². The highest BCUT2D eigenvalue weighted by atomic mass is 19.4. The lowest BCUT2D eigenvalue weighted by Gasteiger charge is -2.23. The molecule has 2 rings (SSSR count). The first kappa shape index (κ1) is 19.8. The average molecular weight is 378 g/mol. The Morgan fingerprint density at radius 3 is 1.81 bits per heavy atom.